The van der Waals surface area contributed by atoms with Crippen molar-refractivity contribution in [1.82, 2.24) is 5.32 Å². The van der Waals surface area contributed by atoms with Crippen LogP contribution < -0.4 is 5.32 Å². The Morgan fingerprint density at radius 2 is 2.00 bits per heavy atom. The SMILES string of the molecule is CCC1(CCOCCOC)CNC1. The summed E-state index contributed by atoms with van der Waals surface area (Å²) in [4.78, 5) is 0. The smallest absolute Gasteiger partial charge is 0.0700 e. The van der Waals surface area contributed by atoms with Crippen LogP contribution in [0.25, 0.3) is 0 Å². The van der Waals surface area contributed by atoms with Gasteiger partial charge in [-0.3, -0.25) is 0 Å². The van der Waals surface area contributed by atoms with Crippen LogP contribution in [0.1, 0.15) is 19.8 Å². The van der Waals surface area contributed by atoms with Gasteiger partial charge < -0.3 is 14.8 Å². The first-order valence-corrected chi connectivity index (χ1v) is 5.10. The van der Waals surface area contributed by atoms with E-state index in [0.29, 0.717) is 12.0 Å². The highest BCUT2D eigenvalue weighted by Crippen LogP contribution is 2.30. The molecule has 0 aromatic heterocycles. The number of rotatable bonds is 7. The van der Waals surface area contributed by atoms with Crippen LogP contribution >= 0.6 is 0 Å². The molecule has 0 radical (unpaired) electrons. The predicted molar refractivity (Wildman–Crippen MR) is 52.9 cm³/mol. The number of hydrogen-bond acceptors (Lipinski definition) is 3. The van der Waals surface area contributed by atoms with Gasteiger partial charge in [0, 0.05) is 26.8 Å². The van der Waals surface area contributed by atoms with E-state index in [4.69, 9.17) is 9.47 Å². The summed E-state index contributed by atoms with van der Waals surface area (Å²) in [5.41, 5.74) is 0.535. The zero-order valence-electron chi connectivity index (χ0n) is 8.77. The van der Waals surface area contributed by atoms with Crippen molar-refractivity contribution in [2.24, 2.45) is 5.41 Å². The molecule has 0 atom stereocenters. The van der Waals surface area contributed by atoms with Gasteiger partial charge in [0.1, 0.15) is 0 Å². The molecule has 3 nitrogen and oxygen atoms in total. The summed E-state index contributed by atoms with van der Waals surface area (Å²) in [6.07, 6.45) is 2.44. The molecule has 3 heteroatoms. The maximum atomic E-state index is 5.45. The zero-order chi connectivity index (χ0) is 9.57. The monoisotopic (exact) mass is 187 g/mol. The Morgan fingerprint density at radius 1 is 1.23 bits per heavy atom. The first-order chi connectivity index (χ1) is 6.33. The summed E-state index contributed by atoms with van der Waals surface area (Å²) in [5, 5.41) is 3.32. The Morgan fingerprint density at radius 3 is 2.46 bits per heavy atom. The van der Waals surface area contributed by atoms with E-state index < -0.39 is 0 Å². The highest BCUT2D eigenvalue weighted by molar-refractivity contribution is 4.90. The lowest BCUT2D eigenvalue weighted by molar-refractivity contribution is 0.0356. The molecule has 1 rings (SSSR count). The molecule has 1 fully saturated rings. The van der Waals surface area contributed by atoms with Crippen molar-refractivity contribution in [2.45, 2.75) is 19.8 Å². The van der Waals surface area contributed by atoms with Gasteiger partial charge in [-0.2, -0.15) is 0 Å². The molecule has 78 valence electrons. The van der Waals surface area contributed by atoms with Crippen molar-refractivity contribution in [3.05, 3.63) is 0 Å². The summed E-state index contributed by atoms with van der Waals surface area (Å²) in [6.45, 7) is 6.89. The fraction of sp³-hybridized carbons (Fsp3) is 1.00. The Hall–Kier alpha value is -0.120. The van der Waals surface area contributed by atoms with Crippen molar-refractivity contribution in [2.75, 3.05) is 40.0 Å². The molecule has 1 heterocycles. The molecule has 1 N–H and O–H groups in total. The average Bonchev–Trinajstić information content (AvgIpc) is 2.09. The van der Waals surface area contributed by atoms with Crippen LogP contribution in [0.4, 0.5) is 0 Å². The third kappa shape index (κ3) is 3.25. The summed E-state index contributed by atoms with van der Waals surface area (Å²) in [5.74, 6) is 0. The highest BCUT2D eigenvalue weighted by atomic mass is 16.5. The molecule has 0 bridgehead atoms. The van der Waals surface area contributed by atoms with E-state index >= 15 is 0 Å². The Labute approximate surface area is 80.8 Å². The van der Waals surface area contributed by atoms with Crippen molar-refractivity contribution in [3.8, 4) is 0 Å². The predicted octanol–water partition coefficient (Wildman–Crippen LogP) is 1.04. The van der Waals surface area contributed by atoms with Gasteiger partial charge in [0.15, 0.2) is 0 Å². The topological polar surface area (TPSA) is 30.5 Å². The van der Waals surface area contributed by atoms with Gasteiger partial charge in [-0.1, -0.05) is 6.92 Å². The maximum Gasteiger partial charge on any atom is 0.0700 e. The molecule has 0 saturated carbocycles. The Balaban J connectivity index is 1.98. The first-order valence-electron chi connectivity index (χ1n) is 5.10. The van der Waals surface area contributed by atoms with Crippen molar-refractivity contribution in [1.29, 1.82) is 0 Å². The Kier molecular flexibility index (Phi) is 4.70. The van der Waals surface area contributed by atoms with Gasteiger partial charge in [-0.05, 0) is 18.3 Å². The van der Waals surface area contributed by atoms with Crippen LogP contribution in [0, 0.1) is 5.41 Å². The normalized spacial score (nSPS) is 19.8. The molecule has 0 spiro atoms. The minimum Gasteiger partial charge on any atom is -0.382 e. The second-order valence-electron chi connectivity index (χ2n) is 3.81. The summed E-state index contributed by atoms with van der Waals surface area (Å²) < 4.78 is 10.4. The van der Waals surface area contributed by atoms with Crippen LogP contribution in [0.2, 0.25) is 0 Å². The van der Waals surface area contributed by atoms with E-state index in [-0.39, 0.29) is 0 Å². The van der Waals surface area contributed by atoms with Crippen LogP contribution in [0.5, 0.6) is 0 Å². The molecule has 0 aromatic rings. The van der Waals surface area contributed by atoms with Crippen LogP contribution in [0.3, 0.4) is 0 Å². The molecule has 1 aliphatic heterocycles. The lowest BCUT2D eigenvalue weighted by Crippen LogP contribution is -2.53. The third-order valence-electron chi connectivity index (χ3n) is 2.96. The van der Waals surface area contributed by atoms with Crippen LogP contribution in [-0.2, 0) is 9.47 Å². The molecular weight excluding hydrogens is 166 g/mol. The molecule has 1 saturated heterocycles. The van der Waals surface area contributed by atoms with Gasteiger partial charge in [0.25, 0.3) is 0 Å². The van der Waals surface area contributed by atoms with E-state index in [1.54, 1.807) is 7.11 Å². The molecule has 13 heavy (non-hydrogen) atoms. The maximum absolute atomic E-state index is 5.45. The van der Waals surface area contributed by atoms with E-state index in [9.17, 15) is 0 Å². The minimum absolute atomic E-state index is 0.535. The summed E-state index contributed by atoms with van der Waals surface area (Å²) in [6, 6.07) is 0. The number of hydrogen-bond donors (Lipinski definition) is 1. The van der Waals surface area contributed by atoms with Gasteiger partial charge in [0.2, 0.25) is 0 Å². The fourth-order valence-corrected chi connectivity index (χ4v) is 1.62. The van der Waals surface area contributed by atoms with Crippen molar-refractivity contribution < 1.29 is 9.47 Å². The largest absolute Gasteiger partial charge is 0.382 e. The van der Waals surface area contributed by atoms with E-state index in [1.807, 2.05) is 0 Å². The third-order valence-corrected chi connectivity index (χ3v) is 2.96. The van der Waals surface area contributed by atoms with E-state index in [2.05, 4.69) is 12.2 Å². The first kappa shape index (κ1) is 11.0. The molecule has 0 unspecified atom stereocenters. The highest BCUT2D eigenvalue weighted by Gasteiger charge is 2.34. The van der Waals surface area contributed by atoms with Crippen molar-refractivity contribution in [3.63, 3.8) is 0 Å². The minimum atomic E-state index is 0.535. The fourth-order valence-electron chi connectivity index (χ4n) is 1.62. The molecule has 1 aliphatic rings. The van der Waals surface area contributed by atoms with Crippen LogP contribution in [-0.4, -0.2) is 40.0 Å². The summed E-state index contributed by atoms with van der Waals surface area (Å²) in [7, 11) is 1.70. The van der Waals surface area contributed by atoms with Gasteiger partial charge in [0.05, 0.1) is 13.2 Å². The van der Waals surface area contributed by atoms with E-state index in [0.717, 1.165) is 26.3 Å². The lowest BCUT2D eigenvalue weighted by atomic mass is 9.76. The second-order valence-corrected chi connectivity index (χ2v) is 3.81. The van der Waals surface area contributed by atoms with Crippen molar-refractivity contribution >= 4 is 0 Å². The Bertz CT molecular complexity index is 129. The molecule has 0 aromatic carbocycles. The number of methoxy groups -OCH3 is 1. The zero-order valence-corrected chi connectivity index (χ0v) is 8.77. The number of ether oxygens (including phenoxy) is 2. The summed E-state index contributed by atoms with van der Waals surface area (Å²) >= 11 is 0. The molecule has 0 aliphatic carbocycles. The standard InChI is InChI=1S/C10H21NO2/c1-3-10(8-11-9-10)4-5-13-7-6-12-2/h11H,3-9H2,1-2H3. The van der Waals surface area contributed by atoms with Crippen LogP contribution in [0.15, 0.2) is 0 Å². The quantitative estimate of drug-likeness (QED) is 0.604. The van der Waals surface area contributed by atoms with Gasteiger partial charge in [-0.15, -0.1) is 0 Å². The van der Waals surface area contributed by atoms with Gasteiger partial charge in [-0.25, -0.2) is 0 Å². The molecule has 0 amide bonds. The number of nitrogens with one attached hydrogen (secondary N) is 1. The molecular formula is C10H21NO2. The average molecular weight is 187 g/mol. The van der Waals surface area contributed by atoms with E-state index in [1.165, 1.54) is 12.8 Å². The lowest BCUT2D eigenvalue weighted by Gasteiger charge is -2.42. The second kappa shape index (κ2) is 5.58. The van der Waals surface area contributed by atoms with Gasteiger partial charge >= 0.3 is 0 Å².